The molecule has 3 aromatic heterocycles. The molecule has 5 heterocycles. The average Bonchev–Trinajstić information content (AvgIpc) is 3.53. The Kier molecular flexibility index (Phi) is 5.63. The Morgan fingerprint density at radius 3 is 2.88 bits per heavy atom. The van der Waals surface area contributed by atoms with Gasteiger partial charge >= 0.3 is 0 Å². The maximum atomic E-state index is 13.4. The molecule has 1 unspecified atom stereocenters. The summed E-state index contributed by atoms with van der Waals surface area (Å²) in [5.74, 6) is -0.328. The Balaban J connectivity index is 1.52. The lowest BCUT2D eigenvalue weighted by Crippen LogP contribution is -2.33. The number of pyridine rings is 1. The highest BCUT2D eigenvalue weighted by Gasteiger charge is 2.36. The van der Waals surface area contributed by atoms with Crippen molar-refractivity contribution in [3.63, 3.8) is 0 Å². The lowest BCUT2D eigenvalue weighted by Gasteiger charge is -2.19. The molecule has 0 aromatic carbocycles. The van der Waals surface area contributed by atoms with E-state index >= 15 is 0 Å². The molecule has 172 valence electrons. The molecule has 5 rings (SSSR count). The van der Waals surface area contributed by atoms with Crippen molar-refractivity contribution in [1.82, 2.24) is 24.1 Å². The van der Waals surface area contributed by atoms with Crippen molar-refractivity contribution in [2.24, 2.45) is 0 Å². The summed E-state index contributed by atoms with van der Waals surface area (Å²) in [6.07, 6.45) is 3.85. The highest BCUT2D eigenvalue weighted by atomic mass is 35.5. The molecule has 0 radical (unpaired) electrons. The number of hydrogen-bond acceptors (Lipinski definition) is 6. The van der Waals surface area contributed by atoms with Gasteiger partial charge in [0.15, 0.2) is 0 Å². The van der Waals surface area contributed by atoms with Crippen LogP contribution in [0.2, 0.25) is 5.02 Å². The van der Waals surface area contributed by atoms with Crippen LogP contribution in [0.1, 0.15) is 41.5 Å². The van der Waals surface area contributed by atoms with Gasteiger partial charge in [0.05, 0.1) is 28.9 Å². The van der Waals surface area contributed by atoms with Crippen molar-refractivity contribution >= 4 is 34.9 Å². The van der Waals surface area contributed by atoms with Crippen LogP contribution >= 0.6 is 11.6 Å². The maximum absolute atomic E-state index is 13.4. The predicted octanol–water partition coefficient (Wildman–Crippen LogP) is 1.88. The van der Waals surface area contributed by atoms with Crippen LogP contribution in [0.15, 0.2) is 29.2 Å². The van der Waals surface area contributed by atoms with E-state index in [4.69, 9.17) is 16.3 Å². The zero-order valence-electron chi connectivity index (χ0n) is 18.1. The lowest BCUT2D eigenvalue weighted by molar-refractivity contribution is -0.116. The van der Waals surface area contributed by atoms with Crippen LogP contribution in [0, 0.1) is 0 Å². The number of aryl methyl sites for hydroxylation is 1. The summed E-state index contributed by atoms with van der Waals surface area (Å²) in [7, 11) is 0. The summed E-state index contributed by atoms with van der Waals surface area (Å²) >= 11 is 5.86. The third kappa shape index (κ3) is 4.00. The first-order valence-electron chi connectivity index (χ1n) is 10.9. The van der Waals surface area contributed by atoms with Crippen LogP contribution < -0.4 is 10.9 Å². The van der Waals surface area contributed by atoms with Crippen molar-refractivity contribution in [2.75, 3.05) is 18.5 Å². The smallest absolute Gasteiger partial charge is 0.280 e. The Morgan fingerprint density at radius 1 is 1.33 bits per heavy atom. The zero-order valence-corrected chi connectivity index (χ0v) is 18.8. The van der Waals surface area contributed by atoms with Gasteiger partial charge in [0.1, 0.15) is 23.7 Å². The van der Waals surface area contributed by atoms with Gasteiger partial charge < -0.3 is 19.5 Å². The van der Waals surface area contributed by atoms with Crippen LogP contribution in [0.3, 0.4) is 0 Å². The van der Waals surface area contributed by atoms with Gasteiger partial charge in [0.2, 0.25) is 5.91 Å². The fraction of sp³-hybridized carbons (Fsp3) is 0.409. The summed E-state index contributed by atoms with van der Waals surface area (Å²) in [5.41, 5.74) is 1.34. The van der Waals surface area contributed by atoms with E-state index in [-0.39, 0.29) is 42.3 Å². The number of ether oxygens (including phenoxy) is 1. The molecule has 33 heavy (non-hydrogen) atoms. The minimum atomic E-state index is -0.387. The van der Waals surface area contributed by atoms with Crippen LogP contribution in [0.5, 0.6) is 0 Å². The lowest BCUT2D eigenvalue weighted by atomic mass is 10.2. The minimum absolute atomic E-state index is 0.0399. The monoisotopic (exact) mass is 470 g/mol. The van der Waals surface area contributed by atoms with E-state index in [9.17, 15) is 14.4 Å². The summed E-state index contributed by atoms with van der Waals surface area (Å²) in [5, 5.41) is 7.56. The molecule has 2 amide bonds. The summed E-state index contributed by atoms with van der Waals surface area (Å²) in [6, 6.07) is 4.95. The molecule has 0 saturated carbocycles. The average molecular weight is 471 g/mol. The highest BCUT2D eigenvalue weighted by molar-refractivity contribution is 6.30. The van der Waals surface area contributed by atoms with Crippen molar-refractivity contribution in [3.05, 3.63) is 56.7 Å². The van der Waals surface area contributed by atoms with E-state index in [0.717, 1.165) is 12.8 Å². The SMILES string of the molecule is CCc1cc2n(CC(=O)Nc3ccc(Cl)cn3)c3c(c(=O)n2n1)CN(CC1CCCO1)C3=O. The molecule has 0 bridgehead atoms. The van der Waals surface area contributed by atoms with Crippen molar-refractivity contribution in [1.29, 1.82) is 0 Å². The Hall–Kier alpha value is -3.24. The van der Waals surface area contributed by atoms with Gasteiger partial charge in [-0.1, -0.05) is 18.5 Å². The van der Waals surface area contributed by atoms with Crippen molar-refractivity contribution in [3.8, 4) is 0 Å². The summed E-state index contributed by atoms with van der Waals surface area (Å²) < 4.78 is 8.54. The van der Waals surface area contributed by atoms with Gasteiger partial charge in [-0.05, 0) is 31.4 Å². The van der Waals surface area contributed by atoms with E-state index in [1.165, 1.54) is 10.7 Å². The Morgan fingerprint density at radius 2 is 2.18 bits per heavy atom. The molecule has 1 fully saturated rings. The van der Waals surface area contributed by atoms with E-state index < -0.39 is 0 Å². The van der Waals surface area contributed by atoms with Crippen LogP contribution in [-0.4, -0.2) is 55.1 Å². The second-order valence-corrected chi connectivity index (χ2v) is 8.64. The number of carbonyl (C=O) groups is 2. The first-order valence-corrected chi connectivity index (χ1v) is 11.3. The van der Waals surface area contributed by atoms with Gasteiger partial charge in [-0.2, -0.15) is 9.61 Å². The van der Waals surface area contributed by atoms with E-state index in [2.05, 4.69) is 15.4 Å². The van der Waals surface area contributed by atoms with E-state index in [0.29, 0.717) is 47.3 Å². The molecule has 1 atom stereocenters. The number of hydrogen-bond donors (Lipinski definition) is 1. The molecule has 2 aliphatic rings. The van der Waals surface area contributed by atoms with E-state index in [1.807, 2.05) is 6.92 Å². The van der Waals surface area contributed by atoms with Crippen molar-refractivity contribution < 1.29 is 14.3 Å². The quantitative estimate of drug-likeness (QED) is 0.589. The van der Waals surface area contributed by atoms with Gasteiger partial charge in [-0.3, -0.25) is 14.4 Å². The number of nitrogens with zero attached hydrogens (tertiary/aromatic N) is 5. The van der Waals surface area contributed by atoms with Crippen LogP contribution in [0.25, 0.3) is 5.65 Å². The third-order valence-electron chi connectivity index (χ3n) is 5.97. The van der Waals surface area contributed by atoms with Gasteiger partial charge in [0, 0.05) is 25.4 Å². The standard InChI is InChI=1S/C22H23ClN6O4/c1-2-14-8-19-28(12-18(30)25-17-6-5-13(23)9-24-17)20-16(21(31)29(19)26-14)11-27(22(20)32)10-15-4-3-7-33-15/h5-6,8-9,15H,2-4,7,10-12H2,1H3,(H,24,25,30). The van der Waals surface area contributed by atoms with Crippen LogP contribution in [-0.2, 0) is 29.0 Å². The van der Waals surface area contributed by atoms with Gasteiger partial charge in [-0.25, -0.2) is 4.98 Å². The van der Waals surface area contributed by atoms with E-state index in [1.54, 1.807) is 27.7 Å². The second kappa shape index (κ2) is 8.60. The molecular formula is C22H23ClN6O4. The molecule has 0 aliphatic carbocycles. The normalized spacial score (nSPS) is 17.7. The highest BCUT2D eigenvalue weighted by Crippen LogP contribution is 2.25. The minimum Gasteiger partial charge on any atom is -0.376 e. The fourth-order valence-electron chi connectivity index (χ4n) is 4.36. The topological polar surface area (TPSA) is 111 Å². The Labute approximate surface area is 194 Å². The number of anilines is 1. The summed E-state index contributed by atoms with van der Waals surface area (Å²) in [6.45, 7) is 3.02. The number of aromatic nitrogens is 4. The molecule has 0 spiro atoms. The van der Waals surface area contributed by atoms with Crippen molar-refractivity contribution in [2.45, 2.75) is 45.4 Å². The number of amides is 2. The first-order chi connectivity index (χ1) is 15.9. The number of carbonyl (C=O) groups excluding carboxylic acids is 2. The molecule has 3 aromatic rings. The molecule has 1 saturated heterocycles. The zero-order chi connectivity index (χ0) is 23.1. The van der Waals surface area contributed by atoms with Gasteiger partial charge in [-0.15, -0.1) is 0 Å². The predicted molar refractivity (Wildman–Crippen MR) is 120 cm³/mol. The second-order valence-electron chi connectivity index (χ2n) is 8.21. The molecule has 10 nitrogen and oxygen atoms in total. The molecule has 1 N–H and O–H groups in total. The molecular weight excluding hydrogens is 448 g/mol. The fourth-order valence-corrected chi connectivity index (χ4v) is 4.47. The molecule has 11 heteroatoms. The Bertz CT molecular complexity index is 1290. The first kappa shape index (κ1) is 21.6. The third-order valence-corrected chi connectivity index (χ3v) is 6.19. The number of halogens is 1. The summed E-state index contributed by atoms with van der Waals surface area (Å²) in [4.78, 5) is 45.2. The van der Waals surface area contributed by atoms with Crippen LogP contribution in [0.4, 0.5) is 5.82 Å². The number of fused-ring (bicyclic) bond motifs is 2. The number of nitrogens with one attached hydrogen (secondary N) is 1. The maximum Gasteiger partial charge on any atom is 0.280 e. The van der Waals surface area contributed by atoms with Gasteiger partial charge in [0.25, 0.3) is 11.5 Å². The number of rotatable bonds is 6. The molecule has 2 aliphatic heterocycles. The largest absolute Gasteiger partial charge is 0.376 e.